The number of nitrogens with one attached hydrogen (secondary N) is 1. The highest BCUT2D eigenvalue weighted by atomic mass is 79.9. The van der Waals surface area contributed by atoms with Crippen molar-refractivity contribution in [2.75, 3.05) is 5.33 Å². The lowest BCUT2D eigenvalue weighted by Crippen LogP contribution is -2.38. The zero-order valence-corrected chi connectivity index (χ0v) is 10.4. The first-order chi connectivity index (χ1) is 7.15. The van der Waals surface area contributed by atoms with E-state index in [-0.39, 0.29) is 11.4 Å². The van der Waals surface area contributed by atoms with E-state index < -0.39 is 0 Å². The van der Waals surface area contributed by atoms with Crippen LogP contribution < -0.4 is 5.32 Å². The first kappa shape index (κ1) is 11.0. The van der Waals surface area contributed by atoms with E-state index in [0.29, 0.717) is 10.6 Å². The average Bonchev–Trinajstić information content (AvgIpc) is 2.99. The number of halogens is 2. The Bertz CT molecular complexity index is 373. The fourth-order valence-corrected chi connectivity index (χ4v) is 2.18. The minimum atomic E-state index is -0.0244. The molecule has 1 aliphatic carbocycles. The van der Waals surface area contributed by atoms with Gasteiger partial charge in [-0.1, -0.05) is 27.5 Å². The molecule has 1 fully saturated rings. The quantitative estimate of drug-likeness (QED) is 0.851. The van der Waals surface area contributed by atoms with Crippen molar-refractivity contribution in [2.45, 2.75) is 18.4 Å². The van der Waals surface area contributed by atoms with E-state index >= 15 is 0 Å². The van der Waals surface area contributed by atoms with Gasteiger partial charge in [0.25, 0.3) is 5.91 Å². The lowest BCUT2D eigenvalue weighted by Gasteiger charge is -2.13. The molecule has 4 heteroatoms. The fraction of sp³-hybridized carbons (Fsp3) is 0.364. The number of alkyl halides is 1. The van der Waals surface area contributed by atoms with E-state index in [9.17, 15) is 4.79 Å². The normalized spacial score (nSPS) is 17.2. The van der Waals surface area contributed by atoms with Crippen LogP contribution in [0.4, 0.5) is 0 Å². The molecule has 80 valence electrons. The Morgan fingerprint density at radius 2 is 2.00 bits per heavy atom. The Morgan fingerprint density at radius 1 is 1.40 bits per heavy atom. The summed E-state index contributed by atoms with van der Waals surface area (Å²) in [5, 5.41) is 4.49. The zero-order chi connectivity index (χ0) is 10.9. The number of hydrogen-bond donors (Lipinski definition) is 1. The maximum atomic E-state index is 11.8. The van der Waals surface area contributed by atoms with Crippen LogP contribution in [0.1, 0.15) is 23.2 Å². The molecule has 0 atom stereocenters. The monoisotopic (exact) mass is 287 g/mol. The fourth-order valence-electron chi connectivity index (χ4n) is 1.36. The lowest BCUT2D eigenvalue weighted by molar-refractivity contribution is 0.0936. The van der Waals surface area contributed by atoms with Crippen LogP contribution in [0.5, 0.6) is 0 Å². The number of benzene rings is 1. The van der Waals surface area contributed by atoms with Crippen LogP contribution in [-0.4, -0.2) is 16.8 Å². The van der Waals surface area contributed by atoms with E-state index in [4.69, 9.17) is 11.6 Å². The topological polar surface area (TPSA) is 29.1 Å². The van der Waals surface area contributed by atoms with Crippen molar-refractivity contribution in [3.8, 4) is 0 Å². The molecule has 0 unspecified atom stereocenters. The smallest absolute Gasteiger partial charge is 0.251 e. The number of rotatable bonds is 3. The van der Waals surface area contributed by atoms with Crippen LogP contribution in [0.3, 0.4) is 0 Å². The van der Waals surface area contributed by atoms with Gasteiger partial charge >= 0.3 is 0 Å². The molecule has 2 rings (SSSR count). The Kier molecular flexibility index (Phi) is 3.03. The first-order valence-electron chi connectivity index (χ1n) is 4.79. The molecule has 15 heavy (non-hydrogen) atoms. The first-order valence-corrected chi connectivity index (χ1v) is 6.29. The molecule has 0 bridgehead atoms. The standard InChI is InChI=1S/C11H11BrClNO/c12-7-11(5-6-11)14-10(15)8-1-3-9(13)4-2-8/h1-4H,5-7H2,(H,14,15). The second-order valence-electron chi connectivity index (χ2n) is 3.87. The zero-order valence-electron chi connectivity index (χ0n) is 8.09. The van der Waals surface area contributed by atoms with E-state index in [1.165, 1.54) is 0 Å². The van der Waals surface area contributed by atoms with E-state index in [1.807, 2.05) is 0 Å². The van der Waals surface area contributed by atoms with Crippen molar-refractivity contribution in [1.82, 2.24) is 5.32 Å². The van der Waals surface area contributed by atoms with Gasteiger partial charge in [0.15, 0.2) is 0 Å². The van der Waals surface area contributed by atoms with E-state index in [2.05, 4.69) is 21.2 Å². The van der Waals surface area contributed by atoms with E-state index in [1.54, 1.807) is 24.3 Å². The van der Waals surface area contributed by atoms with Gasteiger partial charge in [0, 0.05) is 15.9 Å². The average molecular weight is 289 g/mol. The third-order valence-corrected chi connectivity index (χ3v) is 3.92. The largest absolute Gasteiger partial charge is 0.346 e. The maximum Gasteiger partial charge on any atom is 0.251 e. The van der Waals surface area contributed by atoms with Crippen molar-refractivity contribution in [3.05, 3.63) is 34.9 Å². The molecule has 0 saturated heterocycles. The van der Waals surface area contributed by atoms with Crippen molar-refractivity contribution in [2.24, 2.45) is 0 Å². The predicted octanol–water partition coefficient (Wildman–Crippen LogP) is 3.00. The highest BCUT2D eigenvalue weighted by Crippen LogP contribution is 2.37. The summed E-state index contributed by atoms with van der Waals surface area (Å²) in [5.74, 6) is -0.0244. The predicted molar refractivity (Wildman–Crippen MR) is 64.7 cm³/mol. The third-order valence-electron chi connectivity index (χ3n) is 2.59. The van der Waals surface area contributed by atoms with Gasteiger partial charge in [-0.15, -0.1) is 0 Å². The van der Waals surface area contributed by atoms with Crippen molar-refractivity contribution in [3.63, 3.8) is 0 Å². The second kappa shape index (κ2) is 4.14. The molecule has 2 nitrogen and oxygen atoms in total. The molecule has 0 aliphatic heterocycles. The van der Waals surface area contributed by atoms with E-state index in [0.717, 1.165) is 18.2 Å². The van der Waals surface area contributed by atoms with Gasteiger partial charge in [-0.05, 0) is 37.1 Å². The van der Waals surface area contributed by atoms with Gasteiger partial charge in [-0.2, -0.15) is 0 Å². The summed E-state index contributed by atoms with van der Waals surface area (Å²) in [4.78, 5) is 11.8. The molecular weight excluding hydrogens is 277 g/mol. The Hall–Kier alpha value is -0.540. The molecule has 1 N–H and O–H groups in total. The molecule has 0 aromatic heterocycles. The Labute approximate surface area is 102 Å². The molecule has 0 heterocycles. The van der Waals surface area contributed by atoms with Crippen molar-refractivity contribution < 1.29 is 4.79 Å². The molecular formula is C11H11BrClNO. The van der Waals surface area contributed by atoms with Crippen molar-refractivity contribution in [1.29, 1.82) is 0 Å². The summed E-state index contributed by atoms with van der Waals surface area (Å²) < 4.78 is 0. The molecule has 1 amide bonds. The van der Waals surface area contributed by atoms with Gasteiger partial charge in [0.2, 0.25) is 0 Å². The lowest BCUT2D eigenvalue weighted by atomic mass is 10.2. The number of carbonyl (C=O) groups is 1. The third kappa shape index (κ3) is 2.52. The van der Waals surface area contributed by atoms with Crippen molar-refractivity contribution >= 4 is 33.4 Å². The number of carbonyl (C=O) groups excluding carboxylic acids is 1. The van der Waals surface area contributed by atoms with Gasteiger partial charge in [0.1, 0.15) is 0 Å². The summed E-state index contributed by atoms with van der Waals surface area (Å²) >= 11 is 9.16. The van der Waals surface area contributed by atoms with Crippen LogP contribution in [0.25, 0.3) is 0 Å². The van der Waals surface area contributed by atoms with Crippen LogP contribution in [-0.2, 0) is 0 Å². The van der Waals surface area contributed by atoms with Crippen LogP contribution in [0.2, 0.25) is 5.02 Å². The summed E-state index contributed by atoms with van der Waals surface area (Å²) in [6, 6.07) is 6.93. The molecule has 0 spiro atoms. The van der Waals surface area contributed by atoms with Gasteiger partial charge in [0.05, 0.1) is 5.54 Å². The SMILES string of the molecule is O=C(NC1(CBr)CC1)c1ccc(Cl)cc1. The molecule has 1 aromatic rings. The van der Waals surface area contributed by atoms with Gasteiger partial charge < -0.3 is 5.32 Å². The highest BCUT2D eigenvalue weighted by Gasteiger charge is 2.42. The number of hydrogen-bond acceptors (Lipinski definition) is 1. The van der Waals surface area contributed by atoms with Gasteiger partial charge in [-0.3, -0.25) is 4.79 Å². The summed E-state index contributed by atoms with van der Waals surface area (Å²) in [6.07, 6.45) is 2.11. The molecule has 0 radical (unpaired) electrons. The summed E-state index contributed by atoms with van der Waals surface area (Å²) in [6.45, 7) is 0. The highest BCUT2D eigenvalue weighted by molar-refractivity contribution is 9.09. The molecule has 1 aromatic carbocycles. The van der Waals surface area contributed by atoms with Crippen LogP contribution >= 0.6 is 27.5 Å². The van der Waals surface area contributed by atoms with Crippen LogP contribution in [0, 0.1) is 0 Å². The summed E-state index contributed by atoms with van der Waals surface area (Å²) in [5.41, 5.74) is 0.656. The molecule has 1 saturated carbocycles. The Balaban J connectivity index is 2.05. The Morgan fingerprint density at radius 3 is 2.47 bits per heavy atom. The van der Waals surface area contributed by atoms with Crippen LogP contribution in [0.15, 0.2) is 24.3 Å². The molecule has 1 aliphatic rings. The second-order valence-corrected chi connectivity index (χ2v) is 4.87. The summed E-state index contributed by atoms with van der Waals surface area (Å²) in [7, 11) is 0. The number of amides is 1. The van der Waals surface area contributed by atoms with Gasteiger partial charge in [-0.25, -0.2) is 0 Å². The minimum absolute atomic E-state index is 0.00325. The maximum absolute atomic E-state index is 11.8. The minimum Gasteiger partial charge on any atom is -0.346 e.